The Morgan fingerprint density at radius 2 is 2.17 bits per heavy atom. The molecule has 1 atom stereocenters. The van der Waals surface area contributed by atoms with Crippen molar-refractivity contribution in [2.24, 2.45) is 0 Å². The van der Waals surface area contributed by atoms with E-state index in [1.165, 1.54) is 12.4 Å². The Morgan fingerprint density at radius 3 is 2.72 bits per heavy atom. The van der Waals surface area contributed by atoms with Gasteiger partial charge in [-0.25, -0.2) is 9.97 Å². The fourth-order valence-electron chi connectivity index (χ4n) is 1.36. The zero-order valence-electron chi connectivity index (χ0n) is 9.89. The molecule has 1 heterocycles. The molecule has 1 unspecified atom stereocenters. The summed E-state index contributed by atoms with van der Waals surface area (Å²) in [5.74, 6) is -1.18. The molecule has 18 heavy (non-hydrogen) atoms. The Bertz CT molecular complexity index is 422. The van der Waals surface area contributed by atoms with Crippen LogP contribution in [0, 0.1) is 0 Å². The summed E-state index contributed by atoms with van der Waals surface area (Å²) in [5, 5.41) is 11.4. The number of hydrogen-bond acceptors (Lipinski definition) is 4. The highest BCUT2D eigenvalue weighted by Crippen LogP contribution is 2.04. The van der Waals surface area contributed by atoms with Gasteiger partial charge in [-0.05, 0) is 19.8 Å². The van der Waals surface area contributed by atoms with Crippen molar-refractivity contribution in [2.75, 3.05) is 0 Å². The van der Waals surface area contributed by atoms with Gasteiger partial charge >= 0.3 is 5.97 Å². The second-order valence-corrected chi connectivity index (χ2v) is 4.27. The molecule has 0 saturated heterocycles. The number of aliphatic carboxylic acids is 1. The lowest BCUT2D eigenvalue weighted by Gasteiger charge is -2.12. The number of carbonyl (C=O) groups is 2. The molecule has 98 valence electrons. The number of carboxylic acids is 1. The molecular formula is C11H14ClN3O3. The van der Waals surface area contributed by atoms with Gasteiger partial charge in [0.15, 0.2) is 0 Å². The van der Waals surface area contributed by atoms with Crippen LogP contribution in [0.5, 0.6) is 0 Å². The predicted molar refractivity (Wildman–Crippen MR) is 65.5 cm³/mol. The van der Waals surface area contributed by atoms with Gasteiger partial charge in [0.2, 0.25) is 0 Å². The SMILES string of the molecule is CC(CCCC(=O)O)NC(=O)c1cnc(Cl)cn1. The normalized spacial score (nSPS) is 11.9. The molecule has 6 nitrogen and oxygen atoms in total. The number of aromatic nitrogens is 2. The van der Waals surface area contributed by atoms with Gasteiger partial charge in [-0.1, -0.05) is 11.6 Å². The molecule has 0 aliphatic carbocycles. The van der Waals surface area contributed by atoms with Crippen molar-refractivity contribution >= 4 is 23.5 Å². The molecule has 1 aromatic rings. The fraction of sp³-hybridized carbons (Fsp3) is 0.455. The predicted octanol–water partition coefficient (Wildman–Crippen LogP) is 1.50. The summed E-state index contributed by atoms with van der Waals surface area (Å²) >= 11 is 5.56. The molecule has 0 aliphatic rings. The van der Waals surface area contributed by atoms with Crippen LogP contribution >= 0.6 is 11.6 Å². The molecule has 1 rings (SSSR count). The van der Waals surface area contributed by atoms with Crippen molar-refractivity contribution in [2.45, 2.75) is 32.2 Å². The van der Waals surface area contributed by atoms with Crippen LogP contribution < -0.4 is 5.32 Å². The molecular weight excluding hydrogens is 258 g/mol. The molecule has 0 bridgehead atoms. The van der Waals surface area contributed by atoms with Gasteiger partial charge < -0.3 is 10.4 Å². The number of amides is 1. The van der Waals surface area contributed by atoms with E-state index < -0.39 is 5.97 Å². The maximum absolute atomic E-state index is 11.7. The topological polar surface area (TPSA) is 92.2 Å². The first-order valence-corrected chi connectivity index (χ1v) is 5.87. The monoisotopic (exact) mass is 271 g/mol. The third-order valence-corrected chi connectivity index (χ3v) is 2.45. The minimum atomic E-state index is -0.836. The van der Waals surface area contributed by atoms with Crippen molar-refractivity contribution < 1.29 is 14.7 Å². The number of halogens is 1. The van der Waals surface area contributed by atoms with Crippen molar-refractivity contribution in [3.8, 4) is 0 Å². The Balaban J connectivity index is 2.39. The van der Waals surface area contributed by atoms with Crippen LogP contribution in [0.25, 0.3) is 0 Å². The lowest BCUT2D eigenvalue weighted by atomic mass is 10.1. The van der Waals surface area contributed by atoms with Gasteiger partial charge in [0.1, 0.15) is 10.8 Å². The number of carboxylic acid groups (broad SMARTS) is 1. The quantitative estimate of drug-likeness (QED) is 0.818. The van der Waals surface area contributed by atoms with E-state index in [0.29, 0.717) is 12.8 Å². The average Bonchev–Trinajstić information content (AvgIpc) is 2.29. The minimum Gasteiger partial charge on any atom is -0.481 e. The maximum atomic E-state index is 11.7. The summed E-state index contributed by atoms with van der Waals surface area (Å²) < 4.78 is 0. The molecule has 0 aromatic carbocycles. The van der Waals surface area contributed by atoms with Gasteiger partial charge in [0.25, 0.3) is 5.91 Å². The Morgan fingerprint density at radius 1 is 1.44 bits per heavy atom. The number of nitrogens with one attached hydrogen (secondary N) is 1. The van der Waals surface area contributed by atoms with Crippen LogP contribution in [0.1, 0.15) is 36.7 Å². The summed E-state index contributed by atoms with van der Waals surface area (Å²) in [7, 11) is 0. The molecule has 7 heteroatoms. The summed E-state index contributed by atoms with van der Waals surface area (Å²) in [4.78, 5) is 29.6. The van der Waals surface area contributed by atoms with E-state index in [1.54, 1.807) is 0 Å². The third-order valence-electron chi connectivity index (χ3n) is 2.26. The first kappa shape index (κ1) is 14.4. The van der Waals surface area contributed by atoms with E-state index in [0.717, 1.165) is 0 Å². The average molecular weight is 272 g/mol. The van der Waals surface area contributed by atoms with Crippen LogP contribution in [0.15, 0.2) is 12.4 Å². The van der Waals surface area contributed by atoms with Crippen LogP contribution in [0.4, 0.5) is 0 Å². The Kier molecular flexibility index (Phi) is 5.51. The first-order valence-electron chi connectivity index (χ1n) is 5.49. The van der Waals surface area contributed by atoms with Gasteiger partial charge in [0, 0.05) is 12.5 Å². The standard InChI is InChI=1S/C11H14ClN3O3/c1-7(3-2-4-10(16)17)15-11(18)8-5-14-9(12)6-13-8/h5-7H,2-4H2,1H3,(H,15,18)(H,16,17). The largest absolute Gasteiger partial charge is 0.481 e. The maximum Gasteiger partial charge on any atom is 0.303 e. The number of nitrogens with zero attached hydrogens (tertiary/aromatic N) is 2. The first-order chi connectivity index (χ1) is 8.49. The molecule has 0 spiro atoms. The molecule has 0 aliphatic heterocycles. The summed E-state index contributed by atoms with van der Waals surface area (Å²) in [6, 6.07) is -0.116. The van der Waals surface area contributed by atoms with Crippen LogP contribution in [0.3, 0.4) is 0 Å². The van der Waals surface area contributed by atoms with E-state index in [4.69, 9.17) is 16.7 Å². The molecule has 0 saturated carbocycles. The molecule has 0 radical (unpaired) electrons. The highest BCUT2D eigenvalue weighted by molar-refractivity contribution is 6.29. The van der Waals surface area contributed by atoms with Crippen molar-refractivity contribution in [3.05, 3.63) is 23.2 Å². The highest BCUT2D eigenvalue weighted by atomic mass is 35.5. The van der Waals surface area contributed by atoms with E-state index in [9.17, 15) is 9.59 Å². The summed E-state index contributed by atoms with van der Waals surface area (Å²) in [6.07, 6.45) is 3.80. The Labute approximate surface area is 109 Å². The van der Waals surface area contributed by atoms with Crippen molar-refractivity contribution in [3.63, 3.8) is 0 Å². The number of carbonyl (C=O) groups excluding carboxylic acids is 1. The Hall–Kier alpha value is -1.69. The minimum absolute atomic E-state index is 0.0982. The highest BCUT2D eigenvalue weighted by Gasteiger charge is 2.11. The van der Waals surface area contributed by atoms with Gasteiger partial charge in [-0.2, -0.15) is 0 Å². The second kappa shape index (κ2) is 6.90. The lowest BCUT2D eigenvalue weighted by molar-refractivity contribution is -0.137. The van der Waals surface area contributed by atoms with Gasteiger partial charge in [0.05, 0.1) is 12.4 Å². The summed E-state index contributed by atoms with van der Waals surface area (Å²) in [6.45, 7) is 1.81. The van der Waals surface area contributed by atoms with Gasteiger partial charge in [-0.15, -0.1) is 0 Å². The van der Waals surface area contributed by atoms with Crippen LogP contribution in [-0.2, 0) is 4.79 Å². The number of rotatable bonds is 6. The smallest absolute Gasteiger partial charge is 0.303 e. The number of hydrogen-bond donors (Lipinski definition) is 2. The van der Waals surface area contributed by atoms with Crippen LogP contribution in [-0.4, -0.2) is 33.0 Å². The third kappa shape index (κ3) is 5.09. The molecule has 1 amide bonds. The molecule has 0 fully saturated rings. The fourth-order valence-corrected chi connectivity index (χ4v) is 1.46. The van der Waals surface area contributed by atoms with E-state index in [1.807, 2.05) is 6.92 Å². The van der Waals surface area contributed by atoms with Crippen molar-refractivity contribution in [1.82, 2.24) is 15.3 Å². The lowest BCUT2D eigenvalue weighted by Crippen LogP contribution is -2.33. The van der Waals surface area contributed by atoms with Gasteiger partial charge in [-0.3, -0.25) is 9.59 Å². The zero-order chi connectivity index (χ0) is 13.5. The zero-order valence-corrected chi connectivity index (χ0v) is 10.6. The van der Waals surface area contributed by atoms with E-state index >= 15 is 0 Å². The summed E-state index contributed by atoms with van der Waals surface area (Å²) in [5.41, 5.74) is 0.185. The van der Waals surface area contributed by atoms with E-state index in [2.05, 4.69) is 15.3 Å². The van der Waals surface area contributed by atoms with E-state index in [-0.39, 0.29) is 29.2 Å². The second-order valence-electron chi connectivity index (χ2n) is 3.88. The molecule has 2 N–H and O–H groups in total. The van der Waals surface area contributed by atoms with Crippen LogP contribution in [0.2, 0.25) is 5.15 Å². The van der Waals surface area contributed by atoms with Crippen molar-refractivity contribution in [1.29, 1.82) is 0 Å². The molecule has 1 aromatic heterocycles.